The number of carbonyl (C=O) groups is 1. The van der Waals surface area contributed by atoms with Gasteiger partial charge >= 0.3 is 0 Å². The Kier molecular flexibility index (Phi) is 14.0. The molecule has 0 bridgehead atoms. The maximum Gasteiger partial charge on any atom is 0.220 e. The summed E-state index contributed by atoms with van der Waals surface area (Å²) in [6, 6.07) is 0. The number of hydrogen-bond donors (Lipinski definition) is 1. The molecule has 3 nitrogen and oxygen atoms in total. The smallest absolute Gasteiger partial charge is 0.220 e. The molecule has 0 saturated carbocycles. The molecular formula is C18H37NO2. The van der Waals surface area contributed by atoms with Crippen LogP contribution in [-0.4, -0.2) is 25.7 Å². The zero-order valence-corrected chi connectivity index (χ0v) is 14.7. The first kappa shape index (κ1) is 20.4. The molecule has 3 heteroatoms. The second-order valence-electron chi connectivity index (χ2n) is 6.86. The summed E-state index contributed by atoms with van der Waals surface area (Å²) in [5.74, 6) is 1.45. The SMILES string of the molecule is CC(C)CCCCCOCCCCCNC(=O)CC(C)C. The third-order valence-corrected chi connectivity index (χ3v) is 3.45. The first-order chi connectivity index (χ1) is 10.0. The van der Waals surface area contributed by atoms with Crippen LogP contribution in [0.4, 0.5) is 0 Å². The summed E-state index contributed by atoms with van der Waals surface area (Å²) < 4.78 is 5.63. The molecule has 21 heavy (non-hydrogen) atoms. The minimum Gasteiger partial charge on any atom is -0.381 e. The van der Waals surface area contributed by atoms with Crippen LogP contribution in [0, 0.1) is 11.8 Å². The van der Waals surface area contributed by atoms with E-state index in [-0.39, 0.29) is 5.91 Å². The molecule has 0 aromatic rings. The Balaban J connectivity index is 3.11. The lowest BCUT2D eigenvalue weighted by Gasteiger charge is -2.07. The van der Waals surface area contributed by atoms with Crippen molar-refractivity contribution in [2.24, 2.45) is 11.8 Å². The minimum atomic E-state index is 0.183. The summed E-state index contributed by atoms with van der Waals surface area (Å²) in [7, 11) is 0. The van der Waals surface area contributed by atoms with Crippen molar-refractivity contribution in [3.63, 3.8) is 0 Å². The van der Waals surface area contributed by atoms with Crippen molar-refractivity contribution in [2.75, 3.05) is 19.8 Å². The fraction of sp³-hybridized carbons (Fsp3) is 0.944. The number of carbonyl (C=O) groups excluding carboxylic acids is 1. The molecule has 0 heterocycles. The molecule has 0 aromatic carbocycles. The van der Waals surface area contributed by atoms with E-state index in [0.29, 0.717) is 12.3 Å². The van der Waals surface area contributed by atoms with E-state index in [9.17, 15) is 4.79 Å². The summed E-state index contributed by atoms with van der Waals surface area (Å²) in [6.45, 7) is 11.3. The molecule has 126 valence electrons. The molecule has 0 unspecified atom stereocenters. The number of ether oxygens (including phenoxy) is 1. The van der Waals surface area contributed by atoms with Crippen LogP contribution in [0.1, 0.15) is 79.1 Å². The summed E-state index contributed by atoms with van der Waals surface area (Å²) in [6.07, 6.45) is 9.08. The standard InChI is InChI=1S/C18H37NO2/c1-16(2)11-7-5-9-13-21-14-10-6-8-12-19-18(20)15-17(3)4/h16-17H,5-15H2,1-4H3,(H,19,20). The van der Waals surface area contributed by atoms with E-state index in [4.69, 9.17) is 4.74 Å². The summed E-state index contributed by atoms with van der Waals surface area (Å²) in [4.78, 5) is 11.4. The van der Waals surface area contributed by atoms with E-state index in [1.165, 1.54) is 25.7 Å². The van der Waals surface area contributed by atoms with Crippen molar-refractivity contribution in [2.45, 2.75) is 79.1 Å². The van der Waals surface area contributed by atoms with Gasteiger partial charge in [0.2, 0.25) is 5.91 Å². The molecular weight excluding hydrogens is 262 g/mol. The van der Waals surface area contributed by atoms with Crippen molar-refractivity contribution in [1.82, 2.24) is 5.32 Å². The fourth-order valence-electron chi connectivity index (χ4n) is 2.21. The molecule has 0 aliphatic rings. The van der Waals surface area contributed by atoms with E-state index in [0.717, 1.165) is 44.9 Å². The van der Waals surface area contributed by atoms with Gasteiger partial charge in [0, 0.05) is 26.2 Å². The average Bonchev–Trinajstić information content (AvgIpc) is 2.38. The first-order valence-corrected chi connectivity index (χ1v) is 8.86. The Morgan fingerprint density at radius 2 is 1.48 bits per heavy atom. The van der Waals surface area contributed by atoms with Gasteiger partial charge in [-0.05, 0) is 37.5 Å². The van der Waals surface area contributed by atoms with Crippen molar-refractivity contribution in [3.05, 3.63) is 0 Å². The van der Waals surface area contributed by atoms with E-state index in [1.807, 2.05) is 0 Å². The second kappa shape index (κ2) is 14.4. The maximum atomic E-state index is 11.4. The topological polar surface area (TPSA) is 38.3 Å². The molecule has 0 aromatic heterocycles. The van der Waals surface area contributed by atoms with Crippen LogP contribution in [0.5, 0.6) is 0 Å². The van der Waals surface area contributed by atoms with Gasteiger partial charge < -0.3 is 10.1 Å². The molecule has 0 saturated heterocycles. The Bertz CT molecular complexity index is 239. The number of unbranched alkanes of at least 4 members (excludes halogenated alkanes) is 4. The Morgan fingerprint density at radius 3 is 2.05 bits per heavy atom. The van der Waals surface area contributed by atoms with Crippen LogP contribution in [-0.2, 0) is 9.53 Å². The second-order valence-corrected chi connectivity index (χ2v) is 6.86. The highest BCUT2D eigenvalue weighted by atomic mass is 16.5. The molecule has 0 rings (SSSR count). The van der Waals surface area contributed by atoms with E-state index in [2.05, 4.69) is 33.0 Å². The van der Waals surface area contributed by atoms with Gasteiger partial charge in [-0.15, -0.1) is 0 Å². The quantitative estimate of drug-likeness (QED) is 0.478. The lowest BCUT2D eigenvalue weighted by Crippen LogP contribution is -2.25. The van der Waals surface area contributed by atoms with Crippen LogP contribution in [0.25, 0.3) is 0 Å². The first-order valence-electron chi connectivity index (χ1n) is 8.86. The number of hydrogen-bond acceptors (Lipinski definition) is 2. The molecule has 1 N–H and O–H groups in total. The highest BCUT2D eigenvalue weighted by molar-refractivity contribution is 5.75. The van der Waals surface area contributed by atoms with Crippen LogP contribution in [0.3, 0.4) is 0 Å². The van der Waals surface area contributed by atoms with Crippen LogP contribution in [0.15, 0.2) is 0 Å². The van der Waals surface area contributed by atoms with Gasteiger partial charge in [0.15, 0.2) is 0 Å². The van der Waals surface area contributed by atoms with Gasteiger partial charge in [0.1, 0.15) is 0 Å². The van der Waals surface area contributed by atoms with Gasteiger partial charge in [-0.2, -0.15) is 0 Å². The van der Waals surface area contributed by atoms with Crippen molar-refractivity contribution < 1.29 is 9.53 Å². The van der Waals surface area contributed by atoms with E-state index < -0.39 is 0 Å². The Labute approximate surface area is 132 Å². The van der Waals surface area contributed by atoms with Gasteiger partial charge in [-0.1, -0.05) is 47.0 Å². The Morgan fingerprint density at radius 1 is 0.857 bits per heavy atom. The Hall–Kier alpha value is -0.570. The van der Waals surface area contributed by atoms with Gasteiger partial charge in [-0.25, -0.2) is 0 Å². The van der Waals surface area contributed by atoms with Crippen molar-refractivity contribution >= 4 is 5.91 Å². The zero-order valence-electron chi connectivity index (χ0n) is 14.7. The van der Waals surface area contributed by atoms with Gasteiger partial charge in [0.25, 0.3) is 0 Å². The predicted octanol–water partition coefficient (Wildman–Crippen LogP) is 4.55. The highest BCUT2D eigenvalue weighted by Crippen LogP contribution is 2.08. The van der Waals surface area contributed by atoms with Crippen molar-refractivity contribution in [1.29, 1.82) is 0 Å². The molecule has 0 aliphatic carbocycles. The highest BCUT2D eigenvalue weighted by Gasteiger charge is 2.03. The average molecular weight is 299 g/mol. The summed E-state index contributed by atoms with van der Waals surface area (Å²) in [5, 5.41) is 2.97. The zero-order chi connectivity index (χ0) is 15.9. The molecule has 0 atom stereocenters. The third kappa shape index (κ3) is 17.4. The molecule has 0 spiro atoms. The molecule has 0 fully saturated rings. The molecule has 1 amide bonds. The molecule has 0 aliphatic heterocycles. The van der Waals surface area contributed by atoms with Crippen molar-refractivity contribution in [3.8, 4) is 0 Å². The lowest BCUT2D eigenvalue weighted by molar-refractivity contribution is -0.121. The molecule has 0 radical (unpaired) electrons. The predicted molar refractivity (Wildman–Crippen MR) is 90.4 cm³/mol. The van der Waals surface area contributed by atoms with Crippen LogP contribution >= 0.6 is 0 Å². The van der Waals surface area contributed by atoms with Crippen LogP contribution < -0.4 is 5.32 Å². The summed E-state index contributed by atoms with van der Waals surface area (Å²) in [5.41, 5.74) is 0. The fourth-order valence-corrected chi connectivity index (χ4v) is 2.21. The number of rotatable bonds is 14. The minimum absolute atomic E-state index is 0.183. The van der Waals surface area contributed by atoms with E-state index in [1.54, 1.807) is 0 Å². The normalized spacial score (nSPS) is 11.3. The maximum absolute atomic E-state index is 11.4. The lowest BCUT2D eigenvalue weighted by atomic mass is 10.1. The third-order valence-electron chi connectivity index (χ3n) is 3.45. The van der Waals surface area contributed by atoms with Gasteiger partial charge in [-0.3, -0.25) is 4.79 Å². The van der Waals surface area contributed by atoms with Gasteiger partial charge in [0.05, 0.1) is 0 Å². The number of nitrogens with one attached hydrogen (secondary N) is 1. The number of amides is 1. The summed E-state index contributed by atoms with van der Waals surface area (Å²) >= 11 is 0. The van der Waals surface area contributed by atoms with E-state index >= 15 is 0 Å². The largest absolute Gasteiger partial charge is 0.381 e. The van der Waals surface area contributed by atoms with Crippen LogP contribution in [0.2, 0.25) is 0 Å². The monoisotopic (exact) mass is 299 g/mol.